The highest BCUT2D eigenvalue weighted by Crippen LogP contribution is 2.32. The summed E-state index contributed by atoms with van der Waals surface area (Å²) in [6.07, 6.45) is 0. The monoisotopic (exact) mass is 431 g/mol. The van der Waals surface area contributed by atoms with Gasteiger partial charge in [-0.05, 0) is 74.2 Å². The van der Waals surface area contributed by atoms with Crippen molar-refractivity contribution in [1.82, 2.24) is 0 Å². The lowest BCUT2D eigenvalue weighted by atomic mass is 10.2. The summed E-state index contributed by atoms with van der Waals surface area (Å²) < 4.78 is 3.25. The van der Waals surface area contributed by atoms with Gasteiger partial charge in [-0.25, -0.2) is 0 Å². The topological polar surface area (TPSA) is 12.0 Å². The van der Waals surface area contributed by atoms with Crippen LogP contribution in [0.25, 0.3) is 0 Å². The molecule has 0 radical (unpaired) electrons. The van der Waals surface area contributed by atoms with Crippen molar-refractivity contribution in [3.8, 4) is 0 Å². The predicted molar refractivity (Wildman–Crippen MR) is 88.0 cm³/mol. The van der Waals surface area contributed by atoms with Crippen LogP contribution < -0.4 is 5.32 Å². The van der Waals surface area contributed by atoms with Gasteiger partial charge >= 0.3 is 0 Å². The molecule has 0 spiro atoms. The minimum Gasteiger partial charge on any atom is -0.379 e. The summed E-state index contributed by atoms with van der Waals surface area (Å²) in [5, 5.41) is 3.44. The zero-order valence-corrected chi connectivity index (χ0v) is 14.6. The molecule has 0 saturated heterocycles. The number of nitrogens with one attached hydrogen (secondary N) is 1. The molecule has 0 unspecified atom stereocenters. The molecule has 0 aliphatic rings. The maximum Gasteiger partial charge on any atom is 0.0631 e. The van der Waals surface area contributed by atoms with Gasteiger partial charge in [0, 0.05) is 20.0 Å². The van der Waals surface area contributed by atoms with Gasteiger partial charge in [-0.1, -0.05) is 28.1 Å². The van der Waals surface area contributed by atoms with E-state index in [1.165, 1.54) is 11.1 Å². The van der Waals surface area contributed by atoms with E-state index in [1.54, 1.807) is 0 Å². The molecule has 1 N–H and O–H groups in total. The molecule has 2 aromatic carbocycles. The van der Waals surface area contributed by atoms with E-state index in [9.17, 15) is 0 Å². The molecule has 2 aromatic rings. The molecular formula is C14H12Br3N. The van der Waals surface area contributed by atoms with Gasteiger partial charge in [0.1, 0.15) is 0 Å². The Morgan fingerprint density at radius 3 is 2.06 bits per heavy atom. The summed E-state index contributed by atoms with van der Waals surface area (Å²) in [5.74, 6) is 0. The summed E-state index contributed by atoms with van der Waals surface area (Å²) in [5.41, 5.74) is 3.56. The van der Waals surface area contributed by atoms with Crippen LogP contribution in [0.15, 0.2) is 49.8 Å². The molecule has 0 aliphatic carbocycles. The fourth-order valence-electron chi connectivity index (χ4n) is 1.66. The van der Waals surface area contributed by atoms with E-state index >= 15 is 0 Å². The molecule has 18 heavy (non-hydrogen) atoms. The second-order valence-electron chi connectivity index (χ2n) is 4.08. The van der Waals surface area contributed by atoms with Crippen LogP contribution in [0.4, 0.5) is 5.69 Å². The highest BCUT2D eigenvalue weighted by molar-refractivity contribution is 9.11. The number of anilines is 1. The third-order valence-corrected chi connectivity index (χ3v) is 4.35. The van der Waals surface area contributed by atoms with Gasteiger partial charge in [0.15, 0.2) is 0 Å². The average molecular weight is 434 g/mol. The number of rotatable bonds is 3. The maximum atomic E-state index is 3.58. The Balaban J connectivity index is 2.13. The van der Waals surface area contributed by atoms with Crippen molar-refractivity contribution in [1.29, 1.82) is 0 Å². The third-order valence-electron chi connectivity index (χ3n) is 2.57. The first-order valence-corrected chi connectivity index (χ1v) is 7.88. The van der Waals surface area contributed by atoms with Gasteiger partial charge in [0.05, 0.1) is 5.69 Å². The van der Waals surface area contributed by atoms with Gasteiger partial charge < -0.3 is 5.32 Å². The van der Waals surface area contributed by atoms with Crippen LogP contribution in [0.1, 0.15) is 11.1 Å². The minimum absolute atomic E-state index is 0.799. The molecular weight excluding hydrogens is 422 g/mol. The molecule has 94 valence electrons. The van der Waals surface area contributed by atoms with E-state index in [0.29, 0.717) is 0 Å². The van der Waals surface area contributed by atoms with Crippen LogP contribution in [-0.4, -0.2) is 0 Å². The summed E-state index contributed by atoms with van der Waals surface area (Å²) in [4.78, 5) is 0. The highest BCUT2D eigenvalue weighted by Gasteiger charge is 2.05. The molecule has 0 aromatic heterocycles. The first-order chi connectivity index (χ1) is 8.56. The van der Waals surface area contributed by atoms with Gasteiger partial charge in [-0.15, -0.1) is 0 Å². The molecule has 0 saturated carbocycles. The van der Waals surface area contributed by atoms with Crippen LogP contribution in [0.3, 0.4) is 0 Å². The number of aryl methyl sites for hydroxylation is 1. The normalized spacial score (nSPS) is 10.4. The van der Waals surface area contributed by atoms with Crippen molar-refractivity contribution < 1.29 is 0 Å². The minimum atomic E-state index is 0.799. The third kappa shape index (κ3) is 3.59. The smallest absolute Gasteiger partial charge is 0.0631 e. The zero-order chi connectivity index (χ0) is 13.1. The number of benzene rings is 2. The summed E-state index contributed by atoms with van der Waals surface area (Å²) in [6, 6.07) is 12.5. The largest absolute Gasteiger partial charge is 0.379 e. The van der Waals surface area contributed by atoms with E-state index in [1.807, 2.05) is 0 Å². The van der Waals surface area contributed by atoms with Gasteiger partial charge in [0.25, 0.3) is 0 Å². The zero-order valence-electron chi connectivity index (χ0n) is 9.81. The molecule has 0 atom stereocenters. The number of halogens is 3. The summed E-state index contributed by atoms with van der Waals surface area (Å²) >= 11 is 10.6. The number of hydrogen-bond acceptors (Lipinski definition) is 1. The first-order valence-electron chi connectivity index (χ1n) is 5.50. The van der Waals surface area contributed by atoms with Crippen molar-refractivity contribution in [2.45, 2.75) is 13.5 Å². The van der Waals surface area contributed by atoms with Crippen molar-refractivity contribution in [2.24, 2.45) is 0 Å². The lowest BCUT2D eigenvalue weighted by Gasteiger charge is -2.12. The second-order valence-corrected chi connectivity index (χ2v) is 6.71. The molecule has 0 amide bonds. The second kappa shape index (κ2) is 6.22. The highest BCUT2D eigenvalue weighted by atomic mass is 79.9. The lowest BCUT2D eigenvalue weighted by molar-refractivity contribution is 1.14. The van der Waals surface area contributed by atoms with Crippen LogP contribution >= 0.6 is 47.8 Å². The molecule has 0 heterocycles. The van der Waals surface area contributed by atoms with Crippen molar-refractivity contribution >= 4 is 53.5 Å². The Morgan fingerprint density at radius 2 is 1.50 bits per heavy atom. The molecule has 0 aliphatic heterocycles. The Labute approximate surface area is 132 Å². The van der Waals surface area contributed by atoms with E-state index < -0.39 is 0 Å². The fraction of sp³-hybridized carbons (Fsp3) is 0.143. The van der Waals surface area contributed by atoms with Gasteiger partial charge in [-0.3, -0.25) is 0 Å². The molecule has 0 fully saturated rings. The molecule has 1 nitrogen and oxygen atoms in total. The van der Waals surface area contributed by atoms with Gasteiger partial charge in [0.2, 0.25) is 0 Å². The Morgan fingerprint density at radius 1 is 0.944 bits per heavy atom. The fourth-order valence-corrected chi connectivity index (χ4v) is 3.62. The predicted octanol–water partition coefficient (Wildman–Crippen LogP) is 5.89. The summed E-state index contributed by atoms with van der Waals surface area (Å²) in [7, 11) is 0. The first kappa shape index (κ1) is 14.1. The van der Waals surface area contributed by atoms with Crippen LogP contribution in [0.5, 0.6) is 0 Å². The van der Waals surface area contributed by atoms with Crippen LogP contribution in [0.2, 0.25) is 0 Å². The average Bonchev–Trinajstić information content (AvgIpc) is 2.30. The molecule has 0 bridgehead atoms. The SMILES string of the molecule is Cc1cc(Br)c(NCc2ccc(Br)cc2)c(Br)c1. The van der Waals surface area contributed by atoms with E-state index in [4.69, 9.17) is 0 Å². The van der Waals surface area contributed by atoms with E-state index in [2.05, 4.69) is 96.4 Å². The standard InChI is InChI=1S/C14H12Br3N/c1-9-6-12(16)14(13(17)7-9)18-8-10-2-4-11(15)5-3-10/h2-7,18H,8H2,1H3. The van der Waals surface area contributed by atoms with Gasteiger partial charge in [-0.2, -0.15) is 0 Å². The van der Waals surface area contributed by atoms with Crippen molar-refractivity contribution in [3.63, 3.8) is 0 Å². The van der Waals surface area contributed by atoms with Crippen molar-refractivity contribution in [2.75, 3.05) is 5.32 Å². The van der Waals surface area contributed by atoms with Crippen molar-refractivity contribution in [3.05, 3.63) is 60.9 Å². The Bertz CT molecular complexity index is 526. The number of hydrogen-bond donors (Lipinski definition) is 1. The molecule has 2 rings (SSSR count). The van der Waals surface area contributed by atoms with Crippen LogP contribution in [-0.2, 0) is 6.54 Å². The van der Waals surface area contributed by atoms with E-state index in [0.717, 1.165) is 25.7 Å². The van der Waals surface area contributed by atoms with E-state index in [-0.39, 0.29) is 0 Å². The Hall–Kier alpha value is -0.320. The molecule has 4 heteroatoms. The maximum absolute atomic E-state index is 3.58. The van der Waals surface area contributed by atoms with Crippen LogP contribution in [0, 0.1) is 6.92 Å². The lowest BCUT2D eigenvalue weighted by Crippen LogP contribution is -2.01. The summed E-state index contributed by atoms with van der Waals surface area (Å²) in [6.45, 7) is 2.88. The Kier molecular flexibility index (Phi) is 4.87. The quantitative estimate of drug-likeness (QED) is 0.635.